The first kappa shape index (κ1) is 38.9. The average molecular weight is 716 g/mol. The molecule has 3 amide bonds. The van der Waals surface area contributed by atoms with Gasteiger partial charge in [0.25, 0.3) is 0 Å². The molecule has 4 aromatic rings. The van der Waals surface area contributed by atoms with Crippen molar-refractivity contribution in [2.24, 2.45) is 0 Å². The van der Waals surface area contributed by atoms with E-state index in [0.717, 1.165) is 48.1 Å². The lowest BCUT2D eigenvalue weighted by molar-refractivity contribution is -0.121. The monoisotopic (exact) mass is 715 g/mol. The topological polar surface area (TPSA) is 87.7 Å². The first-order chi connectivity index (χ1) is 25.9. The number of nitrogens with zero attached hydrogens (tertiary/aromatic N) is 1. The summed E-state index contributed by atoms with van der Waals surface area (Å²) < 4.78 is 5.82. The molecular formula is C46H57N3O4. The average Bonchev–Trinajstić information content (AvgIpc) is 3.46. The fourth-order valence-corrected chi connectivity index (χ4v) is 7.01. The van der Waals surface area contributed by atoms with Crippen LogP contribution >= 0.6 is 0 Å². The maximum atomic E-state index is 13.5. The van der Waals surface area contributed by atoms with Crippen LogP contribution in [-0.4, -0.2) is 37.6 Å². The third-order valence-corrected chi connectivity index (χ3v) is 9.70. The summed E-state index contributed by atoms with van der Waals surface area (Å²) in [6.45, 7) is 9.95. The minimum atomic E-state index is -0.446. The van der Waals surface area contributed by atoms with Crippen molar-refractivity contribution in [2.75, 3.05) is 24.6 Å². The normalized spacial score (nSPS) is 13.3. The van der Waals surface area contributed by atoms with Gasteiger partial charge in [0.05, 0.1) is 12.2 Å². The number of fused-ring (bicyclic) bond motifs is 5. The zero-order chi connectivity index (χ0) is 37.6. The predicted molar refractivity (Wildman–Crippen MR) is 218 cm³/mol. The second-order valence-electron chi connectivity index (χ2n) is 13.5. The highest BCUT2D eigenvalue weighted by atomic mass is 16.5. The van der Waals surface area contributed by atoms with E-state index in [0.29, 0.717) is 45.3 Å². The number of nitrogens with one attached hydrogen (secondary N) is 2. The summed E-state index contributed by atoms with van der Waals surface area (Å²) >= 11 is 0. The van der Waals surface area contributed by atoms with Crippen molar-refractivity contribution < 1.29 is 22.0 Å². The largest absolute Gasteiger partial charge is 0.449 e. The highest BCUT2D eigenvalue weighted by Gasteiger charge is 2.30. The van der Waals surface area contributed by atoms with Crippen LogP contribution in [0.3, 0.4) is 0 Å². The molecule has 1 unspecified atom stereocenters. The van der Waals surface area contributed by atoms with Crippen LogP contribution in [0, 0.1) is 18.8 Å². The fraction of sp³-hybridized carbons (Fsp3) is 0.370. The van der Waals surface area contributed by atoms with Gasteiger partial charge in [-0.3, -0.25) is 9.59 Å². The van der Waals surface area contributed by atoms with E-state index in [1.165, 1.54) is 33.4 Å². The number of alkyl carbamates (subject to hydrolysis) is 1. The minimum absolute atomic E-state index is 0. The summed E-state index contributed by atoms with van der Waals surface area (Å²) in [6, 6.07) is 28.9. The molecule has 280 valence electrons. The molecule has 1 atom stereocenters. The highest BCUT2D eigenvalue weighted by Crippen LogP contribution is 2.45. The number of benzene rings is 4. The maximum absolute atomic E-state index is 13.5. The third kappa shape index (κ3) is 10.2. The lowest BCUT2D eigenvalue weighted by atomic mass is 9.95. The first-order valence-corrected chi connectivity index (χ1v) is 19.3. The van der Waals surface area contributed by atoms with Gasteiger partial charge in [-0.2, -0.15) is 0 Å². The van der Waals surface area contributed by atoms with Crippen molar-refractivity contribution in [1.29, 1.82) is 0 Å². The molecule has 0 spiro atoms. The van der Waals surface area contributed by atoms with Gasteiger partial charge in [0.2, 0.25) is 11.8 Å². The number of ether oxygens (including phenoxy) is 1. The molecule has 1 aliphatic carbocycles. The second kappa shape index (κ2) is 19.5. The maximum Gasteiger partial charge on any atom is 0.407 e. The number of hydrogen-bond donors (Lipinski definition) is 2. The minimum Gasteiger partial charge on any atom is -0.449 e. The Labute approximate surface area is 318 Å². The molecule has 0 fully saturated rings. The molecule has 4 aromatic carbocycles. The van der Waals surface area contributed by atoms with Gasteiger partial charge in [0.15, 0.2) is 0 Å². The van der Waals surface area contributed by atoms with Crippen LogP contribution in [0.25, 0.3) is 11.1 Å². The summed E-state index contributed by atoms with van der Waals surface area (Å²) in [7, 11) is 0. The number of aryl methyl sites for hydroxylation is 2. The zero-order valence-electron chi connectivity index (χ0n) is 31.7. The van der Waals surface area contributed by atoms with Gasteiger partial charge in [-0.1, -0.05) is 105 Å². The number of carbonyl (C=O) groups excluding carboxylic acids is 3. The van der Waals surface area contributed by atoms with Gasteiger partial charge in [0, 0.05) is 45.8 Å². The Bertz CT molecular complexity index is 1970. The molecule has 6 rings (SSSR count). The van der Waals surface area contributed by atoms with Crippen LogP contribution in [0.1, 0.15) is 113 Å². The van der Waals surface area contributed by atoms with Crippen molar-refractivity contribution in [2.45, 2.75) is 91.5 Å². The predicted octanol–water partition coefficient (Wildman–Crippen LogP) is 9.71. The van der Waals surface area contributed by atoms with E-state index in [4.69, 9.17) is 4.74 Å². The first-order valence-electron chi connectivity index (χ1n) is 19.3. The Kier molecular flexibility index (Phi) is 14.3. The molecule has 0 aromatic heterocycles. The zero-order valence-corrected chi connectivity index (χ0v) is 31.7. The molecule has 2 N–H and O–H groups in total. The van der Waals surface area contributed by atoms with Crippen LogP contribution in [0.15, 0.2) is 84.9 Å². The summed E-state index contributed by atoms with van der Waals surface area (Å²) in [5.74, 6) is 6.63. The van der Waals surface area contributed by atoms with E-state index in [1.54, 1.807) is 0 Å². The quantitative estimate of drug-likeness (QED) is 0.101. The number of unbranched alkanes of at least 4 members (excludes halogenated alkanes) is 2. The molecule has 7 nitrogen and oxygen atoms in total. The van der Waals surface area contributed by atoms with E-state index in [1.807, 2.05) is 74.2 Å². The van der Waals surface area contributed by atoms with E-state index >= 15 is 0 Å². The Morgan fingerprint density at radius 3 is 2.28 bits per heavy atom. The molecule has 53 heavy (non-hydrogen) atoms. The lowest BCUT2D eigenvalue weighted by Crippen LogP contribution is -2.32. The van der Waals surface area contributed by atoms with E-state index in [-0.39, 0.29) is 27.2 Å². The standard InChI is InChI=1S/C44H47N3O4.C2H6.2H2/c1-3-12-42(48)45-25-10-8-13-32-20-24-37-36-23-19-31(2)27-38(36)40(39(37)28-32)30-51-44(50)46-26-11-9-18-43(49)47-29-35-16-5-4-14-33(35)21-22-34-15-6-7-17-41(34)47;1-2;;/h4-7,14-17,19-20,23-24,27-28,40H,3,8-13,18,25-26,29-30H2,1-2H3,(H,45,48)(H,46,50);1-2H3;2*1H. The van der Waals surface area contributed by atoms with Crippen molar-refractivity contribution >= 4 is 23.6 Å². The SMILES string of the molecule is CC.CCCC(=O)NCCCCc1ccc2c(c1)C(COC(=O)NCCCCC(=O)N1Cc3ccccc3C#Cc3ccccc31)c1cc(C)ccc1-2.[HH].[HH]. The molecule has 2 aliphatic rings. The van der Waals surface area contributed by atoms with Gasteiger partial charge in [-0.05, 0) is 97.0 Å². The number of para-hydroxylation sites is 1. The Balaban J connectivity index is 0.00000200. The number of hydrogen-bond acceptors (Lipinski definition) is 4. The Morgan fingerprint density at radius 2 is 1.47 bits per heavy atom. The van der Waals surface area contributed by atoms with Crippen molar-refractivity contribution in [3.8, 4) is 23.0 Å². The van der Waals surface area contributed by atoms with Crippen LogP contribution in [0.5, 0.6) is 0 Å². The number of rotatable bonds is 14. The molecule has 0 saturated carbocycles. The fourth-order valence-electron chi connectivity index (χ4n) is 7.01. The van der Waals surface area contributed by atoms with Crippen molar-refractivity contribution in [1.82, 2.24) is 10.6 Å². The van der Waals surface area contributed by atoms with Crippen molar-refractivity contribution in [3.05, 3.63) is 124 Å². The van der Waals surface area contributed by atoms with Gasteiger partial charge >= 0.3 is 6.09 Å². The van der Waals surface area contributed by atoms with Crippen molar-refractivity contribution in [3.63, 3.8) is 0 Å². The third-order valence-electron chi connectivity index (χ3n) is 9.70. The second-order valence-corrected chi connectivity index (χ2v) is 13.5. The van der Waals surface area contributed by atoms with E-state index in [2.05, 4.69) is 65.8 Å². The number of amides is 3. The summed E-state index contributed by atoms with van der Waals surface area (Å²) in [5.41, 5.74) is 10.8. The molecule has 0 radical (unpaired) electrons. The summed E-state index contributed by atoms with van der Waals surface area (Å²) in [5, 5.41) is 5.90. The summed E-state index contributed by atoms with van der Waals surface area (Å²) in [6.07, 6.45) is 5.50. The Morgan fingerprint density at radius 1 is 0.792 bits per heavy atom. The molecule has 0 saturated heterocycles. The van der Waals surface area contributed by atoms with Crippen LogP contribution in [0.4, 0.5) is 10.5 Å². The molecule has 1 heterocycles. The highest BCUT2D eigenvalue weighted by molar-refractivity contribution is 5.95. The van der Waals surface area contributed by atoms with Gasteiger partial charge in [-0.15, -0.1) is 0 Å². The molecule has 0 bridgehead atoms. The molecular weight excluding hydrogens is 659 g/mol. The van der Waals surface area contributed by atoms with Crippen LogP contribution in [0.2, 0.25) is 0 Å². The van der Waals surface area contributed by atoms with Gasteiger partial charge < -0.3 is 20.3 Å². The van der Waals surface area contributed by atoms with E-state index < -0.39 is 6.09 Å². The van der Waals surface area contributed by atoms with Crippen LogP contribution in [-0.2, 0) is 27.3 Å². The molecule has 1 aliphatic heterocycles. The molecule has 7 heteroatoms. The van der Waals surface area contributed by atoms with Gasteiger partial charge in [-0.25, -0.2) is 4.79 Å². The summed E-state index contributed by atoms with van der Waals surface area (Å²) in [4.78, 5) is 40.0. The number of anilines is 1. The smallest absolute Gasteiger partial charge is 0.407 e. The van der Waals surface area contributed by atoms with Gasteiger partial charge in [0.1, 0.15) is 6.61 Å². The number of carbonyl (C=O) groups is 3. The lowest BCUT2D eigenvalue weighted by Gasteiger charge is -2.26. The van der Waals surface area contributed by atoms with Crippen LogP contribution < -0.4 is 15.5 Å². The Hall–Kier alpha value is -5.35. The van der Waals surface area contributed by atoms with E-state index in [9.17, 15) is 14.4 Å².